The van der Waals surface area contributed by atoms with Crippen molar-refractivity contribution in [2.75, 3.05) is 6.54 Å². The Balaban J connectivity index is 1.61. The highest BCUT2D eigenvalue weighted by Gasteiger charge is 2.27. The fraction of sp³-hybridized carbons (Fsp3) is 0.167. The molecule has 6 nitrogen and oxygen atoms in total. The molecule has 3 aromatic rings. The van der Waals surface area contributed by atoms with Crippen molar-refractivity contribution >= 4 is 17.5 Å². The van der Waals surface area contributed by atoms with E-state index in [1.807, 2.05) is 0 Å². The molecule has 0 saturated carbocycles. The third kappa shape index (κ3) is 5.23. The number of hydrogen-bond donors (Lipinski definition) is 1. The fourth-order valence-electron chi connectivity index (χ4n) is 2.24. The number of rotatable bonds is 6. The molecule has 0 atom stereocenters. The van der Waals surface area contributed by atoms with Crippen LogP contribution in [0.1, 0.15) is 15.9 Å². The first-order valence-corrected chi connectivity index (χ1v) is 8.32. The molecule has 0 spiro atoms. The van der Waals surface area contributed by atoms with Gasteiger partial charge in [-0.3, -0.25) is 4.79 Å². The van der Waals surface area contributed by atoms with Crippen molar-refractivity contribution in [3.05, 3.63) is 65.0 Å². The third-order valence-corrected chi connectivity index (χ3v) is 3.84. The van der Waals surface area contributed by atoms with Crippen molar-refractivity contribution in [1.29, 1.82) is 0 Å². The Bertz CT molecular complexity index is 941. The summed E-state index contributed by atoms with van der Waals surface area (Å²) in [5.74, 6) is -0.684. The van der Waals surface area contributed by atoms with Crippen LogP contribution in [0.4, 0.5) is 13.2 Å². The second-order valence-electron chi connectivity index (χ2n) is 5.67. The Morgan fingerprint density at radius 3 is 2.57 bits per heavy atom. The van der Waals surface area contributed by atoms with Gasteiger partial charge in [0.15, 0.2) is 0 Å². The van der Waals surface area contributed by atoms with E-state index in [0.717, 1.165) is 11.8 Å². The van der Waals surface area contributed by atoms with Crippen LogP contribution in [0.15, 0.2) is 53.4 Å². The fourth-order valence-corrected chi connectivity index (χ4v) is 2.37. The minimum Gasteiger partial charge on any atom is -0.473 e. The number of nitrogens with one attached hydrogen (secondary N) is 1. The van der Waals surface area contributed by atoms with Crippen molar-refractivity contribution in [2.45, 2.75) is 12.8 Å². The molecule has 1 N–H and O–H groups in total. The van der Waals surface area contributed by atoms with Gasteiger partial charge < -0.3 is 14.6 Å². The molecule has 2 aromatic heterocycles. The van der Waals surface area contributed by atoms with Crippen LogP contribution in [-0.4, -0.2) is 28.8 Å². The van der Waals surface area contributed by atoms with Crippen LogP contribution in [-0.2, 0) is 6.61 Å². The number of pyridine rings is 1. The number of carbonyl (C=O) groups excluding carboxylic acids is 1. The van der Waals surface area contributed by atoms with Crippen LogP contribution in [0.2, 0.25) is 5.02 Å². The first-order valence-electron chi connectivity index (χ1n) is 7.95. The first-order chi connectivity index (χ1) is 13.3. The zero-order chi connectivity index (χ0) is 20.1. The predicted molar refractivity (Wildman–Crippen MR) is 93.9 cm³/mol. The van der Waals surface area contributed by atoms with Crippen molar-refractivity contribution < 1.29 is 27.2 Å². The van der Waals surface area contributed by atoms with Crippen LogP contribution in [0, 0.1) is 0 Å². The minimum absolute atomic E-state index is 0.0107. The smallest absolute Gasteiger partial charge is 0.405 e. The molecule has 0 aliphatic heterocycles. The van der Waals surface area contributed by atoms with Crippen LogP contribution in [0.3, 0.4) is 0 Å². The SMILES string of the molecule is O=C(NCC(F)(F)F)c1ccc(OCc2conc2-c2ccc(Cl)cc2)nc1. The van der Waals surface area contributed by atoms with Crippen LogP contribution < -0.4 is 10.1 Å². The van der Waals surface area contributed by atoms with E-state index in [4.69, 9.17) is 20.9 Å². The summed E-state index contributed by atoms with van der Waals surface area (Å²) in [5.41, 5.74) is 2.03. The molecule has 1 aromatic carbocycles. The summed E-state index contributed by atoms with van der Waals surface area (Å²) < 4.78 is 46.9. The van der Waals surface area contributed by atoms with E-state index in [2.05, 4.69) is 10.1 Å². The molecule has 0 saturated heterocycles. The van der Waals surface area contributed by atoms with Gasteiger partial charge in [-0.25, -0.2) is 4.98 Å². The van der Waals surface area contributed by atoms with E-state index >= 15 is 0 Å². The number of halogens is 4. The lowest BCUT2D eigenvalue weighted by Crippen LogP contribution is -2.33. The molecule has 10 heteroatoms. The summed E-state index contributed by atoms with van der Waals surface area (Å²) in [6.45, 7) is -1.32. The van der Waals surface area contributed by atoms with Crippen LogP contribution in [0.5, 0.6) is 5.88 Å². The lowest BCUT2D eigenvalue weighted by Gasteiger charge is -2.09. The topological polar surface area (TPSA) is 77.2 Å². The molecule has 0 aliphatic rings. The van der Waals surface area contributed by atoms with Gasteiger partial charge in [-0.15, -0.1) is 0 Å². The van der Waals surface area contributed by atoms with Gasteiger partial charge in [-0.1, -0.05) is 28.9 Å². The maximum atomic E-state index is 12.1. The van der Waals surface area contributed by atoms with Gasteiger partial charge >= 0.3 is 6.18 Å². The predicted octanol–water partition coefficient (Wildman–Crippen LogP) is 4.26. The summed E-state index contributed by atoms with van der Waals surface area (Å²) in [4.78, 5) is 15.6. The number of benzene rings is 1. The monoisotopic (exact) mass is 411 g/mol. The molecular weight excluding hydrogens is 399 g/mol. The molecule has 2 heterocycles. The third-order valence-electron chi connectivity index (χ3n) is 3.58. The van der Waals surface area contributed by atoms with Gasteiger partial charge in [0, 0.05) is 22.8 Å². The quantitative estimate of drug-likeness (QED) is 0.655. The Morgan fingerprint density at radius 2 is 1.93 bits per heavy atom. The average Bonchev–Trinajstić information content (AvgIpc) is 3.13. The zero-order valence-electron chi connectivity index (χ0n) is 14.2. The van der Waals surface area contributed by atoms with E-state index in [9.17, 15) is 18.0 Å². The van der Waals surface area contributed by atoms with E-state index in [1.165, 1.54) is 18.4 Å². The van der Waals surface area contributed by atoms with E-state index in [0.29, 0.717) is 16.3 Å². The Hall–Kier alpha value is -3.07. The number of ether oxygens (including phenoxy) is 1. The summed E-state index contributed by atoms with van der Waals surface area (Å²) >= 11 is 5.87. The maximum Gasteiger partial charge on any atom is 0.405 e. The Labute approximate surface area is 162 Å². The molecule has 3 rings (SSSR count). The summed E-state index contributed by atoms with van der Waals surface area (Å²) in [7, 11) is 0. The molecule has 0 aliphatic carbocycles. The largest absolute Gasteiger partial charge is 0.473 e. The van der Waals surface area contributed by atoms with Gasteiger partial charge in [0.1, 0.15) is 25.1 Å². The molecule has 146 valence electrons. The second-order valence-corrected chi connectivity index (χ2v) is 6.10. The van der Waals surface area contributed by atoms with Crippen molar-refractivity contribution in [1.82, 2.24) is 15.5 Å². The first kappa shape index (κ1) is 19.7. The number of hydrogen-bond acceptors (Lipinski definition) is 5. The Morgan fingerprint density at radius 1 is 1.18 bits per heavy atom. The van der Waals surface area contributed by atoms with Crippen molar-refractivity contribution in [2.24, 2.45) is 0 Å². The van der Waals surface area contributed by atoms with E-state index in [1.54, 1.807) is 29.6 Å². The van der Waals surface area contributed by atoms with Crippen molar-refractivity contribution in [3.63, 3.8) is 0 Å². The van der Waals surface area contributed by atoms with E-state index in [-0.39, 0.29) is 18.1 Å². The number of carbonyl (C=O) groups is 1. The Kier molecular flexibility index (Phi) is 5.84. The zero-order valence-corrected chi connectivity index (χ0v) is 14.9. The molecule has 0 fully saturated rings. The molecule has 28 heavy (non-hydrogen) atoms. The standard InChI is InChI=1S/C18H13ClF3N3O3/c19-14-4-1-11(2-5-14)16-13(9-28-25-16)8-27-15-6-3-12(7-23-15)17(26)24-10-18(20,21)22/h1-7,9H,8,10H2,(H,24,26). The van der Waals surface area contributed by atoms with E-state index < -0.39 is 18.6 Å². The lowest BCUT2D eigenvalue weighted by atomic mass is 10.1. The van der Waals surface area contributed by atoms with Crippen molar-refractivity contribution in [3.8, 4) is 17.1 Å². The summed E-state index contributed by atoms with van der Waals surface area (Å²) in [6.07, 6.45) is -1.91. The minimum atomic E-state index is -4.48. The normalized spacial score (nSPS) is 11.3. The van der Waals surface area contributed by atoms with Gasteiger partial charge in [0.05, 0.1) is 11.1 Å². The second kappa shape index (κ2) is 8.30. The van der Waals surface area contributed by atoms with Gasteiger partial charge in [-0.2, -0.15) is 13.2 Å². The lowest BCUT2D eigenvalue weighted by molar-refractivity contribution is -0.123. The molecule has 0 bridgehead atoms. The molecule has 1 amide bonds. The molecule has 0 radical (unpaired) electrons. The van der Waals surface area contributed by atoms with Gasteiger partial charge in [0.2, 0.25) is 5.88 Å². The number of amides is 1. The molecular formula is C18H13ClF3N3O3. The summed E-state index contributed by atoms with van der Waals surface area (Å²) in [5, 5.41) is 6.30. The van der Waals surface area contributed by atoms with Gasteiger partial charge in [0.25, 0.3) is 5.91 Å². The highest BCUT2D eigenvalue weighted by atomic mass is 35.5. The van der Waals surface area contributed by atoms with Crippen LogP contribution >= 0.6 is 11.6 Å². The highest BCUT2D eigenvalue weighted by Crippen LogP contribution is 2.24. The number of aromatic nitrogens is 2. The van der Waals surface area contributed by atoms with Gasteiger partial charge in [-0.05, 0) is 18.2 Å². The maximum absolute atomic E-state index is 12.1. The molecule has 0 unspecified atom stereocenters. The highest BCUT2D eigenvalue weighted by molar-refractivity contribution is 6.30. The average molecular weight is 412 g/mol. The number of nitrogens with zero attached hydrogens (tertiary/aromatic N) is 2. The van der Waals surface area contributed by atoms with Crippen LogP contribution in [0.25, 0.3) is 11.3 Å². The number of alkyl halides is 3. The summed E-state index contributed by atoms with van der Waals surface area (Å²) in [6, 6.07) is 9.73.